The van der Waals surface area contributed by atoms with Gasteiger partial charge in [0.25, 0.3) is 0 Å². The third kappa shape index (κ3) is 5.86. The highest BCUT2D eigenvalue weighted by atomic mass is 16.5. The van der Waals surface area contributed by atoms with Crippen LogP contribution in [0.5, 0.6) is 0 Å². The second-order valence-electron chi connectivity index (χ2n) is 5.57. The van der Waals surface area contributed by atoms with Crippen molar-refractivity contribution < 1.29 is 4.74 Å². The highest BCUT2D eigenvalue weighted by Gasteiger charge is 2.13. The van der Waals surface area contributed by atoms with Crippen LogP contribution in [0.1, 0.15) is 52.9 Å². The Labute approximate surface area is 101 Å². The minimum atomic E-state index is 0.596. The zero-order valence-corrected chi connectivity index (χ0v) is 11.3. The Kier molecular flexibility index (Phi) is 7.06. The minimum absolute atomic E-state index is 0.596. The van der Waals surface area contributed by atoms with Crippen LogP contribution < -0.4 is 5.32 Å². The lowest BCUT2D eigenvalue weighted by molar-refractivity contribution is 0.0851. The summed E-state index contributed by atoms with van der Waals surface area (Å²) in [6, 6.07) is 0.596. The summed E-state index contributed by atoms with van der Waals surface area (Å²) in [5, 5.41) is 3.49. The lowest BCUT2D eigenvalue weighted by Crippen LogP contribution is -2.33. The fourth-order valence-electron chi connectivity index (χ4n) is 2.20. The van der Waals surface area contributed by atoms with Crippen molar-refractivity contribution in [2.75, 3.05) is 19.8 Å². The topological polar surface area (TPSA) is 21.3 Å². The molecule has 0 heterocycles. The minimum Gasteiger partial charge on any atom is -0.380 e. The van der Waals surface area contributed by atoms with Crippen molar-refractivity contribution in [2.24, 2.45) is 11.8 Å². The summed E-state index contributed by atoms with van der Waals surface area (Å²) in [6.07, 6.45) is 7.03. The number of rotatable bonds is 7. The van der Waals surface area contributed by atoms with Gasteiger partial charge in [0.05, 0.1) is 6.61 Å². The molecule has 1 fully saturated rings. The molecule has 1 unspecified atom stereocenters. The normalized spacial score (nSPS) is 20.2. The first-order chi connectivity index (χ1) is 7.70. The largest absolute Gasteiger partial charge is 0.380 e. The Balaban J connectivity index is 1.91. The standard InChI is InChI=1S/C14H29NO/c1-12(2)13(3)15-9-10-16-11-14-7-5-4-6-8-14/h12-15H,4-11H2,1-3H3. The van der Waals surface area contributed by atoms with E-state index in [1.165, 1.54) is 32.1 Å². The summed E-state index contributed by atoms with van der Waals surface area (Å²) in [5.74, 6) is 1.55. The zero-order valence-electron chi connectivity index (χ0n) is 11.3. The Hall–Kier alpha value is -0.0800. The van der Waals surface area contributed by atoms with E-state index in [4.69, 9.17) is 4.74 Å². The molecule has 1 aliphatic carbocycles. The maximum atomic E-state index is 5.74. The second-order valence-corrected chi connectivity index (χ2v) is 5.57. The molecule has 1 N–H and O–H groups in total. The van der Waals surface area contributed by atoms with E-state index in [0.717, 1.165) is 25.7 Å². The smallest absolute Gasteiger partial charge is 0.0591 e. The lowest BCUT2D eigenvalue weighted by atomic mass is 9.90. The van der Waals surface area contributed by atoms with Gasteiger partial charge >= 0.3 is 0 Å². The van der Waals surface area contributed by atoms with Crippen LogP contribution in [-0.4, -0.2) is 25.8 Å². The van der Waals surface area contributed by atoms with Gasteiger partial charge in [-0.3, -0.25) is 0 Å². The SMILES string of the molecule is CC(C)C(C)NCCOCC1CCCCC1. The molecule has 2 nitrogen and oxygen atoms in total. The van der Waals surface area contributed by atoms with Crippen molar-refractivity contribution in [1.82, 2.24) is 5.32 Å². The molecule has 0 amide bonds. The predicted octanol–water partition coefficient (Wildman–Crippen LogP) is 3.22. The highest BCUT2D eigenvalue weighted by molar-refractivity contribution is 4.66. The average Bonchev–Trinajstić information content (AvgIpc) is 2.29. The summed E-state index contributed by atoms with van der Waals surface area (Å²) >= 11 is 0. The van der Waals surface area contributed by atoms with Crippen LogP contribution in [-0.2, 0) is 4.74 Å². The van der Waals surface area contributed by atoms with Crippen molar-refractivity contribution in [3.8, 4) is 0 Å². The van der Waals surface area contributed by atoms with E-state index in [0.29, 0.717) is 12.0 Å². The van der Waals surface area contributed by atoms with Gasteiger partial charge in [0.1, 0.15) is 0 Å². The molecule has 96 valence electrons. The number of hydrogen-bond acceptors (Lipinski definition) is 2. The first-order valence-electron chi connectivity index (χ1n) is 7.01. The third-order valence-electron chi connectivity index (χ3n) is 3.79. The van der Waals surface area contributed by atoms with Crippen molar-refractivity contribution in [2.45, 2.75) is 58.9 Å². The molecule has 0 saturated heterocycles. The highest BCUT2D eigenvalue weighted by Crippen LogP contribution is 2.23. The Morgan fingerprint density at radius 2 is 1.81 bits per heavy atom. The van der Waals surface area contributed by atoms with Gasteiger partial charge < -0.3 is 10.1 Å². The van der Waals surface area contributed by atoms with E-state index in [1.54, 1.807) is 0 Å². The molecular formula is C14H29NO. The van der Waals surface area contributed by atoms with Gasteiger partial charge in [-0.15, -0.1) is 0 Å². The second kappa shape index (κ2) is 8.08. The molecule has 2 heteroatoms. The summed E-state index contributed by atoms with van der Waals surface area (Å²) < 4.78 is 5.74. The van der Waals surface area contributed by atoms with Crippen molar-refractivity contribution in [3.05, 3.63) is 0 Å². The van der Waals surface area contributed by atoms with Crippen LogP contribution in [0.15, 0.2) is 0 Å². The Morgan fingerprint density at radius 3 is 2.44 bits per heavy atom. The van der Waals surface area contributed by atoms with Gasteiger partial charge in [0.15, 0.2) is 0 Å². The van der Waals surface area contributed by atoms with Crippen molar-refractivity contribution >= 4 is 0 Å². The van der Waals surface area contributed by atoms with Crippen LogP contribution in [0.2, 0.25) is 0 Å². The van der Waals surface area contributed by atoms with Crippen molar-refractivity contribution in [3.63, 3.8) is 0 Å². The summed E-state index contributed by atoms with van der Waals surface area (Å²) in [5.41, 5.74) is 0. The Morgan fingerprint density at radius 1 is 1.12 bits per heavy atom. The van der Waals surface area contributed by atoms with Crippen LogP contribution in [0.3, 0.4) is 0 Å². The van der Waals surface area contributed by atoms with Gasteiger partial charge in [0.2, 0.25) is 0 Å². The molecular weight excluding hydrogens is 198 g/mol. The molecule has 0 aromatic carbocycles. The van der Waals surface area contributed by atoms with E-state index in [2.05, 4.69) is 26.1 Å². The maximum absolute atomic E-state index is 5.74. The molecule has 1 atom stereocenters. The van der Waals surface area contributed by atoms with Gasteiger partial charge in [0, 0.05) is 19.2 Å². The monoisotopic (exact) mass is 227 g/mol. The van der Waals surface area contributed by atoms with Crippen LogP contribution in [0, 0.1) is 11.8 Å². The summed E-state index contributed by atoms with van der Waals surface area (Å²) in [4.78, 5) is 0. The van der Waals surface area contributed by atoms with Crippen LogP contribution >= 0.6 is 0 Å². The molecule has 0 aromatic heterocycles. The van der Waals surface area contributed by atoms with Gasteiger partial charge in [-0.2, -0.15) is 0 Å². The van der Waals surface area contributed by atoms with E-state index in [1.807, 2.05) is 0 Å². The predicted molar refractivity (Wildman–Crippen MR) is 69.7 cm³/mol. The number of hydrogen-bond donors (Lipinski definition) is 1. The van der Waals surface area contributed by atoms with Gasteiger partial charge in [-0.1, -0.05) is 33.1 Å². The van der Waals surface area contributed by atoms with E-state index in [-0.39, 0.29) is 0 Å². The van der Waals surface area contributed by atoms with Crippen LogP contribution in [0.25, 0.3) is 0 Å². The van der Waals surface area contributed by atoms with Crippen molar-refractivity contribution in [1.29, 1.82) is 0 Å². The first kappa shape index (κ1) is 14.0. The molecule has 0 radical (unpaired) electrons. The van der Waals surface area contributed by atoms with E-state index in [9.17, 15) is 0 Å². The first-order valence-corrected chi connectivity index (χ1v) is 7.01. The fraction of sp³-hybridized carbons (Fsp3) is 1.00. The molecule has 1 saturated carbocycles. The van der Waals surface area contributed by atoms with E-state index >= 15 is 0 Å². The van der Waals surface area contributed by atoms with E-state index < -0.39 is 0 Å². The van der Waals surface area contributed by atoms with Gasteiger partial charge in [-0.25, -0.2) is 0 Å². The van der Waals surface area contributed by atoms with Gasteiger partial charge in [-0.05, 0) is 31.6 Å². The maximum Gasteiger partial charge on any atom is 0.0591 e. The molecule has 1 rings (SSSR count). The molecule has 16 heavy (non-hydrogen) atoms. The number of nitrogens with one attached hydrogen (secondary N) is 1. The number of ether oxygens (including phenoxy) is 1. The summed E-state index contributed by atoms with van der Waals surface area (Å²) in [7, 11) is 0. The zero-order chi connectivity index (χ0) is 11.8. The Bertz CT molecular complexity index is 164. The molecule has 1 aliphatic rings. The molecule has 0 bridgehead atoms. The molecule has 0 aromatic rings. The third-order valence-corrected chi connectivity index (χ3v) is 3.79. The lowest BCUT2D eigenvalue weighted by Gasteiger charge is -2.22. The molecule has 0 spiro atoms. The fourth-order valence-corrected chi connectivity index (χ4v) is 2.20. The average molecular weight is 227 g/mol. The quantitative estimate of drug-likeness (QED) is 0.674. The van der Waals surface area contributed by atoms with Crippen LogP contribution in [0.4, 0.5) is 0 Å². The molecule has 0 aliphatic heterocycles. The summed E-state index contributed by atoms with van der Waals surface area (Å²) in [6.45, 7) is 9.59.